The number of hydrogen-bond donors (Lipinski definition) is 1. The predicted molar refractivity (Wildman–Crippen MR) is 145 cm³/mol. The minimum atomic E-state index is -1.48. The molecule has 0 saturated carbocycles. The molecule has 0 heterocycles. The van der Waals surface area contributed by atoms with Gasteiger partial charge >= 0.3 is 6.09 Å². The second kappa shape index (κ2) is 14.4. The molecule has 1 amide bonds. The van der Waals surface area contributed by atoms with Crippen LogP contribution in [-0.2, 0) is 18.5 Å². The van der Waals surface area contributed by atoms with Crippen LogP contribution in [0.3, 0.4) is 0 Å². The molecule has 200 valence electrons. The number of nitriles is 1. The first-order valence-electron chi connectivity index (χ1n) is 13.3. The third kappa shape index (κ3) is 7.98. The van der Waals surface area contributed by atoms with Crippen LogP contribution in [0.5, 0.6) is 0 Å². The normalized spacial score (nSPS) is 14.7. The number of amides is 1. The molecule has 0 bridgehead atoms. The van der Waals surface area contributed by atoms with Crippen molar-refractivity contribution in [1.82, 2.24) is 9.99 Å². The zero-order chi connectivity index (χ0) is 27.5. The van der Waals surface area contributed by atoms with Crippen LogP contribution >= 0.6 is 8.53 Å². The smallest absolute Gasteiger partial charge is 0.408 e. The maximum atomic E-state index is 12.4. The van der Waals surface area contributed by atoms with Gasteiger partial charge in [-0.05, 0) is 56.8 Å². The molecule has 37 heavy (non-hydrogen) atoms. The maximum absolute atomic E-state index is 12.4. The number of hydrogen-bond acceptors (Lipinski definition) is 7. The van der Waals surface area contributed by atoms with E-state index in [2.05, 4.69) is 68.0 Å². The number of ether oxygens (including phenoxy) is 2. The Bertz CT molecular complexity index is 1030. The number of carbonyl (C=O) groups is 1. The number of rotatable bonds is 14. The molecule has 0 radical (unpaired) electrons. The van der Waals surface area contributed by atoms with E-state index in [4.69, 9.17) is 25.2 Å². The van der Waals surface area contributed by atoms with Gasteiger partial charge in [0.15, 0.2) is 0 Å². The zero-order valence-electron chi connectivity index (χ0n) is 23.1. The molecule has 9 heteroatoms. The van der Waals surface area contributed by atoms with Gasteiger partial charge in [0.05, 0.1) is 31.8 Å². The third-order valence-electron chi connectivity index (χ3n) is 5.87. The van der Waals surface area contributed by atoms with E-state index in [0.29, 0.717) is 0 Å². The monoisotopic (exact) mass is 528 g/mol. The third-order valence-corrected chi connectivity index (χ3v) is 8.05. The molecule has 0 aromatic heterocycles. The van der Waals surface area contributed by atoms with E-state index in [9.17, 15) is 4.79 Å². The summed E-state index contributed by atoms with van der Waals surface area (Å²) in [6.45, 7) is 8.70. The van der Waals surface area contributed by atoms with Gasteiger partial charge in [0.1, 0.15) is 13.3 Å². The van der Waals surface area contributed by atoms with Gasteiger partial charge in [-0.15, -0.1) is 0 Å². The average Bonchev–Trinajstić information content (AvgIpc) is 3.22. The molecule has 2 atom stereocenters. The number of nitrogens with zero attached hydrogens (tertiary/aromatic N) is 2. The Morgan fingerprint density at radius 3 is 2.30 bits per heavy atom. The second-order valence-corrected chi connectivity index (χ2v) is 10.7. The summed E-state index contributed by atoms with van der Waals surface area (Å²) in [5.41, 5.74) is 4.65. The molecule has 1 aliphatic carbocycles. The first kappa shape index (κ1) is 27.5. The van der Waals surface area contributed by atoms with Crippen molar-refractivity contribution in [2.45, 2.75) is 65.1 Å². The molecule has 1 aliphatic rings. The molecule has 0 fully saturated rings. The van der Waals surface area contributed by atoms with Gasteiger partial charge in [-0.2, -0.15) is 5.26 Å². The summed E-state index contributed by atoms with van der Waals surface area (Å²) in [5, 5.41) is 11.5. The quantitative estimate of drug-likeness (QED) is 0.178. The highest BCUT2D eigenvalue weighted by Crippen LogP contribution is 2.47. The maximum Gasteiger partial charge on any atom is 0.408 e. The van der Waals surface area contributed by atoms with Crippen molar-refractivity contribution in [2.24, 2.45) is 0 Å². The van der Waals surface area contributed by atoms with E-state index in [1.807, 2.05) is 24.3 Å². The number of nitrogens with one attached hydrogen (secondary N) is 1. The van der Waals surface area contributed by atoms with Crippen LogP contribution in [0, 0.1) is 11.3 Å². The van der Waals surface area contributed by atoms with Crippen LogP contribution in [0.2, 0.25) is 0 Å². The van der Waals surface area contributed by atoms with Crippen LogP contribution in [-0.4, -0.2) is 55.5 Å². The summed E-state index contributed by atoms with van der Waals surface area (Å²) < 4.78 is 33.1. The van der Waals surface area contributed by atoms with Gasteiger partial charge in [0.25, 0.3) is 8.53 Å². The van der Waals surface area contributed by atoms with E-state index in [-0.39, 0.29) is 57.9 Å². The van der Waals surface area contributed by atoms with Gasteiger partial charge in [0, 0.05) is 19.4 Å². The lowest BCUT2D eigenvalue weighted by Crippen LogP contribution is -2.35. The van der Waals surface area contributed by atoms with Gasteiger partial charge in [-0.1, -0.05) is 48.5 Å². The Balaban J connectivity index is 1.46. The fraction of sp³-hybridized carbons (Fsp3) is 0.500. The molecule has 0 aliphatic heterocycles. The Hall–Kier alpha value is -2.53. The summed E-state index contributed by atoms with van der Waals surface area (Å²) in [7, 11) is -1.48. The number of carbonyl (C=O) groups excluding carboxylic acids is 1. The second-order valence-electron chi connectivity index (χ2n) is 9.29. The number of fused-ring (bicyclic) bond motifs is 3. The predicted octanol–water partition coefficient (Wildman–Crippen LogP) is 6.18. The minimum Gasteiger partial charge on any atom is -0.449 e. The van der Waals surface area contributed by atoms with Gasteiger partial charge in [-0.25, -0.2) is 9.46 Å². The van der Waals surface area contributed by atoms with Crippen molar-refractivity contribution in [3.05, 3.63) is 59.7 Å². The highest BCUT2D eigenvalue weighted by atomic mass is 31.2. The summed E-state index contributed by atoms with van der Waals surface area (Å²) in [6, 6.07) is 18.8. The number of benzene rings is 2. The summed E-state index contributed by atoms with van der Waals surface area (Å²) in [6.07, 6.45) is -0.853. The highest BCUT2D eigenvalue weighted by molar-refractivity contribution is 7.44. The van der Waals surface area contributed by atoms with Crippen LogP contribution in [0.25, 0.3) is 11.1 Å². The first-order valence-corrected chi connectivity index (χ1v) is 13.7. The van der Waals surface area contributed by atoms with Gasteiger partial charge in [-0.3, -0.25) is 5.32 Å². The summed E-state index contributed by atoms with van der Waals surface area (Å²) in [4.78, 5) is 12.4. The van der Waals surface area contributed by atoms with Gasteiger partial charge < -0.3 is 18.5 Å². The topological polar surface area (TPSA) is 93.0 Å². The van der Waals surface area contributed by atoms with Crippen molar-refractivity contribution >= 4 is 14.6 Å². The lowest BCUT2D eigenvalue weighted by molar-refractivity contribution is 0.0359. The van der Waals surface area contributed by atoms with Crippen LogP contribution in [0.1, 0.15) is 59.4 Å². The lowest BCUT2D eigenvalue weighted by atomic mass is 9.98. The fourth-order valence-electron chi connectivity index (χ4n) is 4.40. The molecule has 3 rings (SSSR count). The Labute approximate surface area is 223 Å². The van der Waals surface area contributed by atoms with Crippen molar-refractivity contribution in [2.75, 3.05) is 26.6 Å². The Morgan fingerprint density at radius 2 is 1.73 bits per heavy atom. The molecular formula is C28H38N3O5P. The van der Waals surface area contributed by atoms with E-state index in [0.717, 1.165) is 11.1 Å². The minimum absolute atomic E-state index is 0.0136. The Kier molecular flexibility index (Phi) is 10.7. The van der Waals surface area contributed by atoms with Crippen LogP contribution < -0.4 is 5.32 Å². The van der Waals surface area contributed by atoms with E-state index < -0.39 is 20.7 Å². The summed E-state index contributed by atoms with van der Waals surface area (Å²) >= 11 is 0. The molecule has 8 nitrogen and oxygen atoms in total. The van der Waals surface area contributed by atoms with Crippen molar-refractivity contribution in [3.63, 3.8) is 0 Å². The van der Waals surface area contributed by atoms with E-state index >= 15 is 0 Å². The molecule has 2 aromatic rings. The summed E-state index contributed by atoms with van der Waals surface area (Å²) in [5.74, 6) is -0.0136. The molecular weight excluding hydrogens is 489 g/mol. The van der Waals surface area contributed by atoms with Gasteiger partial charge in [0.2, 0.25) is 0 Å². The van der Waals surface area contributed by atoms with Crippen molar-refractivity contribution < 1.29 is 24.7 Å². The molecule has 0 saturated heterocycles. The van der Waals surface area contributed by atoms with Crippen molar-refractivity contribution in [3.8, 4) is 17.2 Å². The fourth-order valence-corrected chi connectivity index (χ4v) is 6.02. The number of alkyl carbamates (subject to hydrolysis) is 1. The zero-order valence-corrected chi connectivity index (χ0v) is 22.9. The molecule has 2 unspecified atom stereocenters. The first-order chi connectivity index (χ1) is 18.4. The molecule has 0 spiro atoms. The molecule has 2 aromatic carbocycles. The van der Waals surface area contributed by atoms with E-state index in [1.54, 1.807) is 0 Å². The molecule has 1 N–H and O–H groups in total. The van der Waals surface area contributed by atoms with Crippen molar-refractivity contribution in [1.29, 1.82) is 5.26 Å². The Morgan fingerprint density at radius 1 is 1.11 bits per heavy atom. The largest absolute Gasteiger partial charge is 0.449 e. The lowest BCUT2D eigenvalue weighted by Gasteiger charge is -2.36. The highest BCUT2D eigenvalue weighted by Gasteiger charge is 2.30. The SMILES string of the molecule is [2H]CC(COCNC(=O)OCC1c2ccccc2-c2ccccc21)OP(OCCC#N)N(C(C)C)C(C)C. The average molecular weight is 529 g/mol. The standard InChI is InChI=1S/C28H38N3O5P/c1-20(2)31(21(3)4)37(35-16-10-15-29)36-22(5)17-33-19-30-28(32)34-18-27-25-13-8-6-11-23(25)24-12-7-9-14-26(24)27/h6-9,11-14,20-22,27H,10,16-19H2,1-5H3,(H,30,32)/i5D. The van der Waals surface area contributed by atoms with E-state index in [1.165, 1.54) is 11.1 Å². The van der Waals surface area contributed by atoms with Crippen LogP contribution in [0.15, 0.2) is 48.5 Å². The van der Waals surface area contributed by atoms with Crippen LogP contribution in [0.4, 0.5) is 4.79 Å².